The Hall–Kier alpha value is -1.60. The van der Waals surface area contributed by atoms with Crippen molar-refractivity contribution in [2.75, 3.05) is 13.6 Å². The molecule has 2 aromatic carbocycles. The van der Waals surface area contributed by atoms with Crippen LogP contribution in [0.1, 0.15) is 28.7 Å². The molecule has 96 valence electrons. The van der Waals surface area contributed by atoms with Gasteiger partial charge in [-0.1, -0.05) is 48.5 Å². The minimum Gasteiger partial charge on any atom is -0.293 e. The van der Waals surface area contributed by atoms with Crippen molar-refractivity contribution in [3.63, 3.8) is 0 Å². The van der Waals surface area contributed by atoms with E-state index < -0.39 is 0 Å². The van der Waals surface area contributed by atoms with Crippen LogP contribution in [0.25, 0.3) is 0 Å². The number of benzene rings is 2. The fourth-order valence-electron chi connectivity index (χ4n) is 3.94. The van der Waals surface area contributed by atoms with E-state index in [4.69, 9.17) is 0 Å². The number of hydrogen-bond donors (Lipinski definition) is 0. The van der Waals surface area contributed by atoms with Crippen molar-refractivity contribution in [2.24, 2.45) is 0 Å². The summed E-state index contributed by atoms with van der Waals surface area (Å²) in [5.74, 6) is 0. The Morgan fingerprint density at radius 1 is 0.842 bits per heavy atom. The zero-order valence-electron chi connectivity index (χ0n) is 11.4. The molecule has 1 heteroatoms. The molecule has 0 N–H and O–H groups in total. The van der Waals surface area contributed by atoms with Crippen molar-refractivity contribution in [1.82, 2.24) is 4.90 Å². The molecular formula is C18H19N. The number of likely N-dealkylation sites (tertiary alicyclic amines) is 1. The quantitative estimate of drug-likeness (QED) is 0.692. The van der Waals surface area contributed by atoms with Crippen molar-refractivity contribution in [2.45, 2.75) is 24.8 Å². The highest BCUT2D eigenvalue weighted by Gasteiger charge is 2.48. The van der Waals surface area contributed by atoms with E-state index in [2.05, 4.69) is 60.5 Å². The standard InChI is InChI=1S/C18H19N/c1-19-13-12-18(19)16-8-4-2-6-14(16)10-11-15-7-3-5-9-17(15)18/h2-9H,10-13H2,1H3. The highest BCUT2D eigenvalue weighted by molar-refractivity contribution is 5.50. The van der Waals surface area contributed by atoms with E-state index in [0.717, 1.165) is 0 Å². The van der Waals surface area contributed by atoms with Crippen LogP contribution in [0, 0.1) is 0 Å². The maximum absolute atomic E-state index is 2.52. The lowest BCUT2D eigenvalue weighted by Crippen LogP contribution is -2.56. The molecule has 0 bridgehead atoms. The van der Waals surface area contributed by atoms with Gasteiger partial charge in [-0.05, 0) is 48.6 Å². The zero-order chi connectivity index (χ0) is 12.9. The second-order valence-electron chi connectivity index (χ2n) is 5.85. The molecule has 1 heterocycles. The van der Waals surface area contributed by atoms with Gasteiger partial charge in [-0.3, -0.25) is 4.90 Å². The third kappa shape index (κ3) is 1.39. The van der Waals surface area contributed by atoms with Crippen LogP contribution >= 0.6 is 0 Å². The van der Waals surface area contributed by atoms with Crippen LogP contribution in [-0.2, 0) is 18.4 Å². The van der Waals surface area contributed by atoms with E-state index in [9.17, 15) is 0 Å². The number of rotatable bonds is 0. The van der Waals surface area contributed by atoms with Gasteiger partial charge in [0.05, 0.1) is 5.54 Å². The predicted molar refractivity (Wildman–Crippen MR) is 78.3 cm³/mol. The molecule has 0 radical (unpaired) electrons. The molecule has 1 aliphatic carbocycles. The first-order valence-electron chi connectivity index (χ1n) is 7.20. The second kappa shape index (κ2) is 3.94. The summed E-state index contributed by atoms with van der Waals surface area (Å²) in [5, 5.41) is 0. The molecule has 1 spiro atoms. The summed E-state index contributed by atoms with van der Waals surface area (Å²) in [5.41, 5.74) is 6.28. The van der Waals surface area contributed by atoms with Gasteiger partial charge in [-0.2, -0.15) is 0 Å². The van der Waals surface area contributed by atoms with Gasteiger partial charge in [0, 0.05) is 6.54 Å². The lowest BCUT2D eigenvalue weighted by atomic mass is 9.71. The van der Waals surface area contributed by atoms with E-state index >= 15 is 0 Å². The van der Waals surface area contributed by atoms with Crippen molar-refractivity contribution < 1.29 is 0 Å². The van der Waals surface area contributed by atoms with Gasteiger partial charge >= 0.3 is 0 Å². The lowest BCUT2D eigenvalue weighted by Gasteiger charge is -2.52. The van der Waals surface area contributed by atoms with E-state index in [1.54, 1.807) is 0 Å². The molecule has 0 saturated carbocycles. The minimum atomic E-state index is 0.143. The Morgan fingerprint density at radius 2 is 1.37 bits per heavy atom. The van der Waals surface area contributed by atoms with Crippen LogP contribution in [0.15, 0.2) is 48.5 Å². The maximum Gasteiger partial charge on any atom is 0.0730 e. The Bertz CT molecular complexity index is 582. The molecule has 1 saturated heterocycles. The Labute approximate surface area is 114 Å². The summed E-state index contributed by atoms with van der Waals surface area (Å²) in [7, 11) is 2.27. The summed E-state index contributed by atoms with van der Waals surface area (Å²) >= 11 is 0. The Kier molecular flexibility index (Phi) is 2.33. The topological polar surface area (TPSA) is 3.24 Å². The third-order valence-corrected chi connectivity index (χ3v) is 5.05. The van der Waals surface area contributed by atoms with E-state index in [1.165, 1.54) is 48.1 Å². The smallest absolute Gasteiger partial charge is 0.0730 e. The van der Waals surface area contributed by atoms with Crippen LogP contribution in [-0.4, -0.2) is 18.5 Å². The van der Waals surface area contributed by atoms with Crippen LogP contribution in [0.3, 0.4) is 0 Å². The van der Waals surface area contributed by atoms with Crippen LogP contribution in [0.4, 0.5) is 0 Å². The monoisotopic (exact) mass is 249 g/mol. The highest BCUT2D eigenvalue weighted by atomic mass is 15.2. The molecule has 1 nitrogen and oxygen atoms in total. The normalized spacial score (nSPS) is 20.3. The van der Waals surface area contributed by atoms with E-state index in [0.29, 0.717) is 0 Å². The zero-order valence-corrected chi connectivity index (χ0v) is 11.4. The fourth-order valence-corrected chi connectivity index (χ4v) is 3.94. The molecule has 0 amide bonds. The van der Waals surface area contributed by atoms with Crippen LogP contribution < -0.4 is 0 Å². The SMILES string of the molecule is CN1CCC12c1ccccc1CCc1ccccc12. The van der Waals surface area contributed by atoms with Gasteiger partial charge in [0.25, 0.3) is 0 Å². The number of aryl methyl sites for hydroxylation is 2. The van der Waals surface area contributed by atoms with Crippen molar-refractivity contribution >= 4 is 0 Å². The molecule has 19 heavy (non-hydrogen) atoms. The second-order valence-corrected chi connectivity index (χ2v) is 5.85. The van der Waals surface area contributed by atoms with Gasteiger partial charge in [-0.15, -0.1) is 0 Å². The summed E-state index contributed by atoms with van der Waals surface area (Å²) in [6, 6.07) is 18.1. The van der Waals surface area contributed by atoms with Crippen molar-refractivity contribution in [3.05, 3.63) is 70.8 Å². The van der Waals surface area contributed by atoms with Gasteiger partial charge in [0.1, 0.15) is 0 Å². The molecule has 0 atom stereocenters. The summed E-state index contributed by atoms with van der Waals surface area (Å²) in [4.78, 5) is 2.52. The Balaban J connectivity index is 2.02. The summed E-state index contributed by atoms with van der Waals surface area (Å²) in [6.45, 7) is 1.20. The van der Waals surface area contributed by atoms with Gasteiger partial charge < -0.3 is 0 Å². The number of fused-ring (bicyclic) bond motifs is 4. The molecule has 1 aliphatic heterocycles. The molecule has 1 fully saturated rings. The Morgan fingerprint density at radius 3 is 1.79 bits per heavy atom. The molecule has 0 aromatic heterocycles. The molecular weight excluding hydrogens is 230 g/mol. The minimum absolute atomic E-state index is 0.143. The van der Waals surface area contributed by atoms with Gasteiger partial charge in [-0.25, -0.2) is 0 Å². The first-order chi connectivity index (χ1) is 9.32. The number of hydrogen-bond acceptors (Lipinski definition) is 1. The fraction of sp³-hybridized carbons (Fsp3) is 0.333. The predicted octanol–water partition coefficient (Wildman–Crippen LogP) is 3.36. The van der Waals surface area contributed by atoms with Gasteiger partial charge in [0.15, 0.2) is 0 Å². The average Bonchev–Trinajstić information content (AvgIpc) is 2.61. The third-order valence-electron chi connectivity index (χ3n) is 5.05. The molecule has 0 unspecified atom stereocenters. The first kappa shape index (κ1) is 11.2. The van der Waals surface area contributed by atoms with Crippen molar-refractivity contribution in [1.29, 1.82) is 0 Å². The van der Waals surface area contributed by atoms with Gasteiger partial charge in [0.2, 0.25) is 0 Å². The molecule has 2 aliphatic rings. The lowest BCUT2D eigenvalue weighted by molar-refractivity contribution is 0.0441. The van der Waals surface area contributed by atoms with E-state index in [-0.39, 0.29) is 5.54 Å². The van der Waals surface area contributed by atoms with E-state index in [1.807, 2.05) is 0 Å². The number of nitrogens with zero attached hydrogens (tertiary/aromatic N) is 1. The average molecular weight is 249 g/mol. The van der Waals surface area contributed by atoms with Crippen LogP contribution in [0.2, 0.25) is 0 Å². The summed E-state index contributed by atoms with van der Waals surface area (Å²) < 4.78 is 0. The summed E-state index contributed by atoms with van der Waals surface area (Å²) in [6.07, 6.45) is 3.59. The van der Waals surface area contributed by atoms with Crippen LogP contribution in [0.5, 0.6) is 0 Å². The van der Waals surface area contributed by atoms with Crippen molar-refractivity contribution in [3.8, 4) is 0 Å². The first-order valence-corrected chi connectivity index (χ1v) is 7.20. The largest absolute Gasteiger partial charge is 0.293 e. The maximum atomic E-state index is 2.52. The highest BCUT2D eigenvalue weighted by Crippen LogP contribution is 2.49. The molecule has 2 aromatic rings. The molecule has 4 rings (SSSR count).